The second kappa shape index (κ2) is 11.3. The van der Waals surface area contributed by atoms with Gasteiger partial charge in [0.25, 0.3) is 5.91 Å². The number of amides is 1. The Balaban J connectivity index is 1.30. The molecule has 4 aromatic rings. The van der Waals surface area contributed by atoms with E-state index in [0.29, 0.717) is 13.1 Å². The number of carboxylic acids is 1. The van der Waals surface area contributed by atoms with E-state index in [1.165, 1.54) is 22.3 Å². The van der Waals surface area contributed by atoms with Crippen molar-refractivity contribution in [1.82, 2.24) is 19.9 Å². The Hall–Kier alpha value is -4.26. The number of carboxylic acid groups (broad SMARTS) is 1. The third-order valence-corrected chi connectivity index (χ3v) is 10.3. The van der Waals surface area contributed by atoms with Gasteiger partial charge in [-0.3, -0.25) is 9.59 Å². The lowest BCUT2D eigenvalue weighted by molar-refractivity contribution is -0.141. The lowest BCUT2D eigenvalue weighted by atomic mass is 9.78. The molecule has 226 valence electrons. The number of carbonyl (C=O) groups excluding carboxylic acids is 1. The highest BCUT2D eigenvalue weighted by Gasteiger charge is 2.33. The predicted octanol–water partition coefficient (Wildman–Crippen LogP) is 6.79. The van der Waals surface area contributed by atoms with Gasteiger partial charge in [-0.2, -0.15) is 0 Å². The Morgan fingerprint density at radius 3 is 2.61 bits per heavy atom. The molecule has 3 aliphatic heterocycles. The lowest BCUT2D eigenvalue weighted by Gasteiger charge is -2.32. The quantitative estimate of drug-likeness (QED) is 0.278. The molecule has 1 amide bonds. The van der Waals surface area contributed by atoms with Crippen LogP contribution in [0.3, 0.4) is 0 Å². The summed E-state index contributed by atoms with van der Waals surface area (Å²) >= 11 is 0. The average molecular weight is 589 g/mol. The van der Waals surface area contributed by atoms with Gasteiger partial charge < -0.3 is 10.0 Å². The molecule has 3 atom stereocenters. The molecule has 1 aliphatic carbocycles. The van der Waals surface area contributed by atoms with Crippen LogP contribution in [0.15, 0.2) is 54.1 Å². The van der Waals surface area contributed by atoms with Crippen LogP contribution >= 0.6 is 0 Å². The van der Waals surface area contributed by atoms with Crippen LogP contribution in [0.2, 0.25) is 0 Å². The van der Waals surface area contributed by atoms with Crippen LogP contribution in [0, 0.1) is 12.8 Å². The number of benzene rings is 3. The van der Waals surface area contributed by atoms with Gasteiger partial charge in [0, 0.05) is 37.0 Å². The molecule has 7 heteroatoms. The van der Waals surface area contributed by atoms with Gasteiger partial charge in [-0.1, -0.05) is 74.4 Å². The van der Waals surface area contributed by atoms with Gasteiger partial charge in [0.1, 0.15) is 5.52 Å². The number of aromatic nitrogens is 3. The van der Waals surface area contributed by atoms with E-state index < -0.39 is 11.9 Å². The third-order valence-electron chi connectivity index (χ3n) is 10.3. The second-order valence-corrected chi connectivity index (χ2v) is 13.0. The molecule has 10 bridgehead atoms. The van der Waals surface area contributed by atoms with E-state index in [0.717, 1.165) is 83.9 Å². The molecule has 8 rings (SSSR count). The highest BCUT2D eigenvalue weighted by Crippen LogP contribution is 2.40. The van der Waals surface area contributed by atoms with E-state index in [-0.39, 0.29) is 17.7 Å². The van der Waals surface area contributed by atoms with Gasteiger partial charge in [0.05, 0.1) is 11.4 Å². The van der Waals surface area contributed by atoms with Gasteiger partial charge in [0.15, 0.2) is 0 Å². The molecule has 44 heavy (non-hydrogen) atoms. The van der Waals surface area contributed by atoms with Crippen LogP contribution < -0.4 is 0 Å². The molecule has 3 aromatic carbocycles. The standard InChI is InChI=1S/C37H40N4O3/c1-22-30-12-9-25-8-6-4-5-7-16-41-33-14-13-31(23(2)35(33)38-39-41)34(24(3)37(43)44)27-11-10-26-15-17-40(21-29(26)19-27)36(42)32(22)20-28(30)18-25/h9-14,18-20,22,24,34H,4-8,15-17,21H2,1-3H3,(H,43,44)/t22?,24-,34-/m0/s1. The minimum absolute atomic E-state index is 0.0685. The normalized spacial score (nSPS) is 20.9. The van der Waals surface area contributed by atoms with Crippen molar-refractivity contribution >= 4 is 29.0 Å². The zero-order chi connectivity index (χ0) is 30.5. The Labute approximate surface area is 258 Å². The summed E-state index contributed by atoms with van der Waals surface area (Å²) in [4.78, 5) is 28.4. The Morgan fingerprint density at radius 2 is 1.77 bits per heavy atom. The van der Waals surface area contributed by atoms with E-state index in [9.17, 15) is 14.7 Å². The van der Waals surface area contributed by atoms with Crippen molar-refractivity contribution in [3.05, 3.63) is 98.6 Å². The maximum Gasteiger partial charge on any atom is 0.307 e. The van der Waals surface area contributed by atoms with Crippen molar-refractivity contribution in [1.29, 1.82) is 0 Å². The van der Waals surface area contributed by atoms with Gasteiger partial charge in [-0.15, -0.1) is 5.10 Å². The lowest BCUT2D eigenvalue weighted by Crippen LogP contribution is -2.37. The number of fused-ring (bicyclic) bond motifs is 6. The average Bonchev–Trinajstić information content (AvgIpc) is 3.59. The Kier molecular flexibility index (Phi) is 7.35. The minimum Gasteiger partial charge on any atom is -0.481 e. The number of carbonyl (C=O) groups is 2. The summed E-state index contributed by atoms with van der Waals surface area (Å²) in [5.74, 6) is -1.68. The first-order valence-electron chi connectivity index (χ1n) is 16.1. The highest BCUT2D eigenvalue weighted by molar-refractivity contribution is 6.01. The molecule has 4 aliphatic rings. The molecule has 0 fully saturated rings. The number of hydrogen-bond acceptors (Lipinski definition) is 4. The SMILES string of the molecule is Cc1c2ccc3c1nnn3CCCCCCc1ccc3c(c1)C=C(C(=O)N1CCc4ccc(cc4C1)[C@@H]2[C@H](C)C(=O)O)C3C. The highest BCUT2D eigenvalue weighted by atomic mass is 16.4. The number of aryl methyl sites for hydroxylation is 3. The molecule has 0 saturated carbocycles. The van der Waals surface area contributed by atoms with Crippen molar-refractivity contribution in [2.45, 2.75) is 84.2 Å². The fourth-order valence-corrected chi connectivity index (χ4v) is 7.64. The molecule has 0 spiro atoms. The second-order valence-electron chi connectivity index (χ2n) is 13.0. The number of aliphatic carboxylic acids is 1. The number of nitrogens with zero attached hydrogens (tertiary/aromatic N) is 4. The summed E-state index contributed by atoms with van der Waals surface area (Å²) in [5.41, 5.74) is 11.6. The fourth-order valence-electron chi connectivity index (χ4n) is 7.64. The summed E-state index contributed by atoms with van der Waals surface area (Å²) in [6.07, 6.45) is 8.35. The predicted molar refractivity (Wildman–Crippen MR) is 171 cm³/mol. The van der Waals surface area contributed by atoms with Crippen LogP contribution in [0.25, 0.3) is 17.1 Å². The zero-order valence-corrected chi connectivity index (χ0v) is 25.8. The minimum atomic E-state index is -0.838. The molecular weight excluding hydrogens is 548 g/mol. The molecule has 7 nitrogen and oxygen atoms in total. The number of rotatable bonds is 2. The molecule has 0 radical (unpaired) electrons. The summed E-state index contributed by atoms with van der Waals surface area (Å²) in [6.45, 7) is 7.97. The first kappa shape index (κ1) is 28.5. The van der Waals surface area contributed by atoms with Gasteiger partial charge in [0.2, 0.25) is 0 Å². The molecular formula is C37H40N4O3. The topological polar surface area (TPSA) is 88.3 Å². The molecule has 1 unspecified atom stereocenters. The van der Waals surface area contributed by atoms with Crippen LogP contribution in [-0.2, 0) is 35.5 Å². The first-order valence-corrected chi connectivity index (χ1v) is 16.1. The summed E-state index contributed by atoms with van der Waals surface area (Å²) < 4.78 is 1.99. The Morgan fingerprint density at radius 1 is 0.955 bits per heavy atom. The van der Waals surface area contributed by atoms with Crippen LogP contribution in [0.1, 0.15) is 95.9 Å². The summed E-state index contributed by atoms with van der Waals surface area (Å²) in [7, 11) is 0. The molecule has 4 heterocycles. The van der Waals surface area contributed by atoms with E-state index in [1.54, 1.807) is 6.92 Å². The monoisotopic (exact) mass is 588 g/mol. The maximum absolute atomic E-state index is 14.0. The van der Waals surface area contributed by atoms with Crippen molar-refractivity contribution in [3.63, 3.8) is 0 Å². The maximum atomic E-state index is 14.0. The van der Waals surface area contributed by atoms with Gasteiger partial charge in [-0.25, -0.2) is 4.68 Å². The summed E-state index contributed by atoms with van der Waals surface area (Å²) in [6, 6.07) is 17.2. The van der Waals surface area contributed by atoms with E-state index in [1.807, 2.05) is 16.5 Å². The third kappa shape index (κ3) is 4.92. The van der Waals surface area contributed by atoms with Crippen molar-refractivity contribution in [2.24, 2.45) is 5.92 Å². The van der Waals surface area contributed by atoms with E-state index in [4.69, 9.17) is 0 Å². The first-order chi connectivity index (χ1) is 21.3. The van der Waals surface area contributed by atoms with Crippen molar-refractivity contribution in [3.8, 4) is 0 Å². The fraction of sp³-hybridized carbons (Fsp3) is 0.405. The van der Waals surface area contributed by atoms with Gasteiger partial charge >= 0.3 is 5.97 Å². The van der Waals surface area contributed by atoms with E-state index in [2.05, 4.69) is 71.8 Å². The molecule has 1 N–H and O–H groups in total. The molecule has 1 aromatic heterocycles. The number of hydrogen-bond donors (Lipinski definition) is 1. The Bertz CT molecular complexity index is 1820. The smallest absolute Gasteiger partial charge is 0.307 e. The van der Waals surface area contributed by atoms with Crippen molar-refractivity contribution in [2.75, 3.05) is 6.54 Å². The van der Waals surface area contributed by atoms with Gasteiger partial charge in [-0.05, 0) is 89.3 Å². The van der Waals surface area contributed by atoms with E-state index >= 15 is 0 Å². The zero-order valence-electron chi connectivity index (χ0n) is 25.8. The van der Waals surface area contributed by atoms with Crippen LogP contribution in [0.4, 0.5) is 0 Å². The largest absolute Gasteiger partial charge is 0.481 e. The van der Waals surface area contributed by atoms with Crippen LogP contribution in [-0.4, -0.2) is 43.4 Å². The summed E-state index contributed by atoms with van der Waals surface area (Å²) in [5, 5.41) is 19.3. The molecule has 0 saturated heterocycles. The van der Waals surface area contributed by atoms with Crippen LogP contribution in [0.5, 0.6) is 0 Å². The van der Waals surface area contributed by atoms with Crippen molar-refractivity contribution < 1.29 is 14.7 Å².